The molecule has 0 aliphatic carbocycles. The monoisotopic (exact) mass is 555 g/mol. The van der Waals surface area contributed by atoms with Gasteiger partial charge in [-0.25, -0.2) is 21.6 Å². The van der Waals surface area contributed by atoms with Gasteiger partial charge in [-0.15, -0.1) is 0 Å². The lowest BCUT2D eigenvalue weighted by Gasteiger charge is -2.23. The highest BCUT2D eigenvalue weighted by Gasteiger charge is 2.28. The van der Waals surface area contributed by atoms with Gasteiger partial charge in [0.25, 0.3) is 0 Å². The van der Waals surface area contributed by atoms with Crippen molar-refractivity contribution in [2.24, 2.45) is 0 Å². The summed E-state index contributed by atoms with van der Waals surface area (Å²) in [6, 6.07) is 16.6. The van der Waals surface area contributed by atoms with Crippen molar-refractivity contribution in [3.05, 3.63) is 87.9 Å². The molecule has 8 nitrogen and oxygen atoms in total. The lowest BCUT2D eigenvalue weighted by Crippen LogP contribution is -2.37. The van der Waals surface area contributed by atoms with E-state index in [2.05, 4.69) is 10.0 Å². The van der Waals surface area contributed by atoms with Gasteiger partial charge in [0, 0.05) is 22.3 Å². The number of halogens is 2. The van der Waals surface area contributed by atoms with Crippen LogP contribution in [0, 0.1) is 6.92 Å². The van der Waals surface area contributed by atoms with Gasteiger partial charge >= 0.3 is 0 Å². The molecule has 0 fully saturated rings. The maximum absolute atomic E-state index is 13.4. The third kappa shape index (κ3) is 6.60. The van der Waals surface area contributed by atoms with Gasteiger partial charge in [-0.1, -0.05) is 53.5 Å². The van der Waals surface area contributed by atoms with E-state index in [0.717, 1.165) is 4.31 Å². The maximum Gasteiger partial charge on any atom is 0.243 e. The predicted octanol–water partition coefficient (Wildman–Crippen LogP) is 4.04. The molecule has 1 amide bonds. The molecule has 3 aromatic rings. The van der Waals surface area contributed by atoms with Gasteiger partial charge in [-0.05, 0) is 61.5 Å². The molecule has 3 aromatic carbocycles. The average Bonchev–Trinajstić information content (AvgIpc) is 2.82. The van der Waals surface area contributed by atoms with Crippen molar-refractivity contribution in [3.63, 3.8) is 0 Å². The summed E-state index contributed by atoms with van der Waals surface area (Å²) in [5.74, 6) is -0.656. The highest BCUT2D eigenvalue weighted by Crippen LogP contribution is 2.26. The van der Waals surface area contributed by atoms with Crippen LogP contribution >= 0.6 is 23.2 Å². The number of hydrogen-bond acceptors (Lipinski definition) is 5. The first kappa shape index (κ1) is 27.1. The maximum atomic E-state index is 13.4. The number of benzene rings is 3. The molecule has 0 aliphatic rings. The minimum Gasteiger partial charge on any atom is -0.325 e. The van der Waals surface area contributed by atoms with E-state index in [1.165, 1.54) is 37.4 Å². The van der Waals surface area contributed by atoms with E-state index in [1.807, 2.05) is 0 Å². The summed E-state index contributed by atoms with van der Waals surface area (Å²) >= 11 is 12.2. The number of nitrogens with zero attached hydrogens (tertiary/aromatic N) is 1. The molecular formula is C23H23Cl2N3O5S2. The summed E-state index contributed by atoms with van der Waals surface area (Å²) in [6.45, 7) is 0.962. The van der Waals surface area contributed by atoms with Crippen LogP contribution < -0.4 is 10.0 Å². The predicted molar refractivity (Wildman–Crippen MR) is 137 cm³/mol. The summed E-state index contributed by atoms with van der Waals surface area (Å²) in [7, 11) is -6.54. The quantitative estimate of drug-likeness (QED) is 0.413. The second-order valence-electron chi connectivity index (χ2n) is 7.55. The van der Waals surface area contributed by atoms with Crippen LogP contribution in [0.5, 0.6) is 0 Å². The first-order valence-electron chi connectivity index (χ1n) is 10.3. The summed E-state index contributed by atoms with van der Waals surface area (Å²) in [5.41, 5.74) is 1.31. The molecule has 0 saturated carbocycles. The molecule has 0 bridgehead atoms. The van der Waals surface area contributed by atoms with Crippen LogP contribution in [0.3, 0.4) is 0 Å². The summed E-state index contributed by atoms with van der Waals surface area (Å²) in [6.07, 6.45) is 0. The van der Waals surface area contributed by atoms with E-state index < -0.39 is 32.5 Å². The number of carbonyl (C=O) groups excluding carboxylic acids is 1. The molecule has 3 rings (SSSR count). The Bertz CT molecular complexity index is 1450. The van der Waals surface area contributed by atoms with Gasteiger partial charge in [0.1, 0.15) is 0 Å². The van der Waals surface area contributed by atoms with Crippen molar-refractivity contribution in [1.29, 1.82) is 0 Å². The Morgan fingerprint density at radius 3 is 2.23 bits per heavy atom. The minimum atomic E-state index is -4.08. The average molecular weight is 556 g/mol. The molecular weight excluding hydrogens is 533 g/mol. The number of nitrogens with one attached hydrogen (secondary N) is 2. The summed E-state index contributed by atoms with van der Waals surface area (Å²) in [5, 5.41) is 3.27. The molecule has 0 unspecified atom stereocenters. The van der Waals surface area contributed by atoms with Gasteiger partial charge in [0.2, 0.25) is 26.0 Å². The molecule has 0 radical (unpaired) electrons. The van der Waals surface area contributed by atoms with Crippen LogP contribution in [0.2, 0.25) is 10.0 Å². The van der Waals surface area contributed by atoms with Gasteiger partial charge in [-0.2, -0.15) is 4.31 Å². The Hall–Kier alpha value is -2.47. The zero-order chi connectivity index (χ0) is 25.8. The van der Waals surface area contributed by atoms with E-state index >= 15 is 0 Å². The van der Waals surface area contributed by atoms with Crippen LogP contribution in [-0.4, -0.2) is 40.6 Å². The zero-order valence-electron chi connectivity index (χ0n) is 18.8. The Balaban J connectivity index is 1.93. The fourth-order valence-electron chi connectivity index (χ4n) is 3.18. The Morgan fingerprint density at radius 1 is 0.914 bits per heavy atom. The lowest BCUT2D eigenvalue weighted by atomic mass is 10.2. The van der Waals surface area contributed by atoms with Crippen molar-refractivity contribution in [1.82, 2.24) is 9.03 Å². The third-order valence-electron chi connectivity index (χ3n) is 5.12. The van der Waals surface area contributed by atoms with Crippen molar-refractivity contribution in [2.45, 2.75) is 23.3 Å². The SMILES string of the molecule is CNS(=O)(=O)c1ccc(C)c(NC(=O)CN(Cc2ccc(Cl)cc2Cl)S(=O)(=O)c2ccccc2)c1. The summed E-state index contributed by atoms with van der Waals surface area (Å²) < 4.78 is 54.3. The number of carbonyl (C=O) groups is 1. The number of aryl methyl sites for hydroxylation is 1. The Kier molecular flexibility index (Phi) is 8.58. The van der Waals surface area contributed by atoms with Crippen LogP contribution in [0.4, 0.5) is 5.69 Å². The molecule has 0 heterocycles. The van der Waals surface area contributed by atoms with Gasteiger partial charge in [0.15, 0.2) is 0 Å². The topological polar surface area (TPSA) is 113 Å². The van der Waals surface area contributed by atoms with Crippen molar-refractivity contribution < 1.29 is 21.6 Å². The molecule has 0 aromatic heterocycles. The van der Waals surface area contributed by atoms with Crippen molar-refractivity contribution in [2.75, 3.05) is 18.9 Å². The highest BCUT2D eigenvalue weighted by molar-refractivity contribution is 7.89. The standard InChI is InChI=1S/C23H23Cl2N3O5S2/c1-16-8-11-20(34(30,31)26-2)13-22(16)27-23(29)15-28(14-17-9-10-18(24)12-21(17)25)35(32,33)19-6-4-3-5-7-19/h3-13,26H,14-15H2,1-2H3,(H,27,29). The van der Waals surface area contributed by atoms with Crippen LogP contribution in [0.1, 0.15) is 11.1 Å². The Morgan fingerprint density at radius 2 is 1.60 bits per heavy atom. The highest BCUT2D eigenvalue weighted by atomic mass is 35.5. The lowest BCUT2D eigenvalue weighted by molar-refractivity contribution is -0.116. The van der Waals surface area contributed by atoms with E-state index in [9.17, 15) is 21.6 Å². The molecule has 12 heteroatoms. The minimum absolute atomic E-state index is 0.0103. The molecule has 0 spiro atoms. The van der Waals surface area contributed by atoms with E-state index in [0.29, 0.717) is 16.1 Å². The number of rotatable bonds is 9. The van der Waals surface area contributed by atoms with E-state index in [-0.39, 0.29) is 27.0 Å². The molecule has 186 valence electrons. The Labute approximate surface area is 215 Å². The third-order valence-corrected chi connectivity index (χ3v) is 8.93. The van der Waals surface area contributed by atoms with Gasteiger partial charge < -0.3 is 5.32 Å². The molecule has 0 saturated heterocycles. The fourth-order valence-corrected chi connectivity index (χ4v) is 5.80. The second kappa shape index (κ2) is 11.1. The van der Waals surface area contributed by atoms with Gasteiger partial charge in [-0.3, -0.25) is 4.79 Å². The second-order valence-corrected chi connectivity index (χ2v) is 12.2. The van der Waals surface area contributed by atoms with Crippen LogP contribution in [0.15, 0.2) is 76.5 Å². The molecule has 2 N–H and O–H groups in total. The first-order chi connectivity index (χ1) is 16.4. The van der Waals surface area contributed by atoms with Crippen LogP contribution in [-0.2, 0) is 31.4 Å². The largest absolute Gasteiger partial charge is 0.325 e. The number of hydrogen-bond donors (Lipinski definition) is 2. The first-order valence-corrected chi connectivity index (χ1v) is 13.9. The zero-order valence-corrected chi connectivity index (χ0v) is 22.0. The van der Waals surface area contributed by atoms with E-state index in [1.54, 1.807) is 43.3 Å². The molecule has 35 heavy (non-hydrogen) atoms. The normalized spacial score (nSPS) is 12.0. The molecule has 0 atom stereocenters. The fraction of sp³-hybridized carbons (Fsp3) is 0.174. The molecule has 0 aliphatic heterocycles. The van der Waals surface area contributed by atoms with Gasteiger partial charge in [0.05, 0.1) is 16.3 Å². The number of anilines is 1. The van der Waals surface area contributed by atoms with Crippen molar-refractivity contribution >= 4 is 54.8 Å². The van der Waals surface area contributed by atoms with Crippen molar-refractivity contribution in [3.8, 4) is 0 Å². The number of sulfonamides is 2. The number of amides is 1. The summed E-state index contributed by atoms with van der Waals surface area (Å²) in [4.78, 5) is 12.9. The van der Waals surface area contributed by atoms with E-state index in [4.69, 9.17) is 23.2 Å². The smallest absolute Gasteiger partial charge is 0.243 e. The van der Waals surface area contributed by atoms with Crippen LogP contribution in [0.25, 0.3) is 0 Å².